The minimum Gasteiger partial charge on any atom is -0.454 e. The molecule has 8 atom stereocenters. The largest absolute Gasteiger partial charge is 0.454 e. The molecule has 0 aromatic carbocycles. The van der Waals surface area contributed by atoms with Gasteiger partial charge in [0, 0.05) is 6.42 Å². The van der Waals surface area contributed by atoms with E-state index in [0.717, 1.165) is 89.9 Å². The minimum atomic E-state index is -1.62. The number of hydrogen-bond donors (Lipinski definition) is 6. The van der Waals surface area contributed by atoms with E-state index in [-0.39, 0.29) is 13.0 Å². The number of aliphatic hydroxyl groups is 5. The van der Waals surface area contributed by atoms with E-state index in [9.17, 15) is 35.1 Å². The number of amides is 1. The second-order valence-electron chi connectivity index (χ2n) is 23.2. The van der Waals surface area contributed by atoms with E-state index < -0.39 is 67.4 Å². The zero-order valence-corrected chi connectivity index (χ0v) is 51.7. The van der Waals surface area contributed by atoms with Crippen LogP contribution in [0, 0.1) is 0 Å². The Balaban J connectivity index is 2.59. The predicted octanol–water partition coefficient (Wildman–Crippen LogP) is 16.6. The van der Waals surface area contributed by atoms with Gasteiger partial charge in [-0.25, -0.2) is 0 Å². The fourth-order valence-corrected chi connectivity index (χ4v) is 10.3. The zero-order chi connectivity index (χ0) is 58.2. The van der Waals surface area contributed by atoms with Crippen molar-refractivity contribution in [1.82, 2.24) is 5.32 Å². The van der Waals surface area contributed by atoms with Crippen molar-refractivity contribution >= 4 is 11.9 Å². The highest BCUT2D eigenvalue weighted by Crippen LogP contribution is 2.26. The van der Waals surface area contributed by atoms with Crippen molar-refractivity contribution in [2.24, 2.45) is 0 Å². The molecular weight excluding hydrogens is 1000 g/mol. The molecule has 0 aromatic rings. The minimum absolute atomic E-state index is 0.116. The van der Waals surface area contributed by atoms with Crippen LogP contribution in [0.5, 0.6) is 0 Å². The number of carbonyl (C=O) groups is 2. The first-order chi connectivity index (χ1) is 39.2. The molecule has 0 saturated carbocycles. The van der Waals surface area contributed by atoms with Crippen LogP contribution in [0.2, 0.25) is 0 Å². The van der Waals surface area contributed by atoms with Crippen LogP contribution in [0.1, 0.15) is 303 Å². The Labute approximate surface area is 490 Å². The molecule has 1 aliphatic heterocycles. The number of rotatable bonds is 57. The third-order valence-electron chi connectivity index (χ3n) is 15.7. The van der Waals surface area contributed by atoms with E-state index in [4.69, 9.17) is 14.2 Å². The highest BCUT2D eigenvalue weighted by molar-refractivity contribution is 5.80. The highest BCUT2D eigenvalue weighted by atomic mass is 16.7. The number of aliphatic hydroxyl groups excluding tert-OH is 5. The SMILES string of the molecule is CCCCC/C=C\C/C=C\C/C=C\C/C=C\CCCCCCCCCCCC(=O)OC1C(OCC(NC(=O)C(O)CCCCCCCCCCCCCCCC)C(O)/C=C/CCCCCCCCCCCC)OC(CO)C(O)C1O. The molecule has 1 amide bonds. The van der Waals surface area contributed by atoms with Crippen LogP contribution in [0.3, 0.4) is 0 Å². The monoisotopic (exact) mass is 1130 g/mol. The summed E-state index contributed by atoms with van der Waals surface area (Å²) in [5.41, 5.74) is 0. The molecule has 1 fully saturated rings. The van der Waals surface area contributed by atoms with E-state index in [0.29, 0.717) is 19.3 Å². The van der Waals surface area contributed by atoms with Crippen LogP contribution >= 0.6 is 0 Å². The van der Waals surface area contributed by atoms with Crippen LogP contribution in [-0.2, 0) is 23.8 Å². The molecular formula is C69H125NO10. The van der Waals surface area contributed by atoms with Crippen LogP contribution < -0.4 is 5.32 Å². The predicted molar refractivity (Wildman–Crippen MR) is 333 cm³/mol. The van der Waals surface area contributed by atoms with Gasteiger partial charge in [-0.1, -0.05) is 287 Å². The maximum absolute atomic E-state index is 13.4. The summed E-state index contributed by atoms with van der Waals surface area (Å²) in [5.74, 6) is -1.19. The quantitative estimate of drug-likeness (QED) is 0.0195. The number of nitrogens with one attached hydrogen (secondary N) is 1. The summed E-state index contributed by atoms with van der Waals surface area (Å²) in [7, 11) is 0. The Morgan fingerprint density at radius 2 is 0.863 bits per heavy atom. The molecule has 6 N–H and O–H groups in total. The lowest BCUT2D eigenvalue weighted by Gasteiger charge is -2.41. The number of unbranched alkanes of at least 4 members (excludes halogenated alkanes) is 35. The van der Waals surface area contributed by atoms with E-state index in [1.165, 1.54) is 167 Å². The first kappa shape index (κ1) is 75.4. The zero-order valence-electron chi connectivity index (χ0n) is 51.7. The molecule has 1 rings (SSSR count). The van der Waals surface area contributed by atoms with E-state index in [1.54, 1.807) is 6.08 Å². The van der Waals surface area contributed by atoms with Crippen LogP contribution in [0.25, 0.3) is 0 Å². The average molecular weight is 1130 g/mol. The maximum Gasteiger partial charge on any atom is 0.306 e. The molecule has 1 saturated heterocycles. The number of hydrogen-bond acceptors (Lipinski definition) is 10. The topological polar surface area (TPSA) is 175 Å². The average Bonchev–Trinajstić information content (AvgIpc) is 3.46. The third kappa shape index (κ3) is 44.0. The molecule has 11 heteroatoms. The Kier molecular flexibility index (Phi) is 53.5. The van der Waals surface area contributed by atoms with Crippen molar-refractivity contribution in [3.8, 4) is 0 Å². The molecule has 0 spiro atoms. The van der Waals surface area contributed by atoms with Crippen molar-refractivity contribution in [2.75, 3.05) is 13.2 Å². The molecule has 1 aliphatic rings. The fraction of sp³-hybridized carbons (Fsp3) is 0.826. The van der Waals surface area contributed by atoms with Crippen molar-refractivity contribution in [1.29, 1.82) is 0 Å². The van der Waals surface area contributed by atoms with Crippen molar-refractivity contribution < 1.29 is 49.3 Å². The van der Waals surface area contributed by atoms with E-state index in [2.05, 4.69) is 74.7 Å². The number of allylic oxidation sites excluding steroid dienone is 9. The second kappa shape index (κ2) is 56.8. The van der Waals surface area contributed by atoms with Crippen LogP contribution in [0.15, 0.2) is 60.8 Å². The Bertz CT molecular complexity index is 1530. The summed E-state index contributed by atoms with van der Waals surface area (Å²) < 4.78 is 17.7. The standard InChI is InChI=1S/C69H125NO10/c1-4-7-10-13-16-19-22-25-27-28-29-30-31-32-33-34-35-36-37-39-42-45-48-51-54-57-64(74)80-67-66(76)65(75)63(58-71)79-69(67)78-59-60(61(72)55-52-49-46-43-40-24-21-18-15-12-9-6-3)70-68(77)62(73)56-53-50-47-44-41-38-26-23-20-17-14-11-8-5-2/h16,19,25,27,29-30,32-33,52,55,60-63,65-67,69,71-73,75-76H,4-15,17-18,20-24,26,28,31,34-51,53-54,56-59H2,1-3H3,(H,70,77)/b19-16-,27-25-,30-29-,33-32-,55-52+. The van der Waals surface area contributed by atoms with Gasteiger partial charge in [-0.15, -0.1) is 0 Å². The van der Waals surface area contributed by atoms with Gasteiger partial charge in [0.05, 0.1) is 25.4 Å². The number of carbonyl (C=O) groups excluding carboxylic acids is 2. The van der Waals surface area contributed by atoms with Crippen LogP contribution in [-0.4, -0.2) is 99.6 Å². The number of esters is 1. The van der Waals surface area contributed by atoms with Gasteiger partial charge < -0.3 is 45.1 Å². The van der Waals surface area contributed by atoms with Gasteiger partial charge in [-0.3, -0.25) is 9.59 Å². The summed E-state index contributed by atoms with van der Waals surface area (Å²) in [6.45, 7) is 5.78. The first-order valence-corrected chi connectivity index (χ1v) is 33.6. The second-order valence-corrected chi connectivity index (χ2v) is 23.2. The lowest BCUT2D eigenvalue weighted by molar-refractivity contribution is -0.305. The maximum atomic E-state index is 13.4. The van der Waals surface area contributed by atoms with Crippen molar-refractivity contribution in [3.63, 3.8) is 0 Å². The molecule has 0 bridgehead atoms. The van der Waals surface area contributed by atoms with E-state index >= 15 is 0 Å². The normalized spacial score (nSPS) is 19.1. The fourth-order valence-electron chi connectivity index (χ4n) is 10.3. The van der Waals surface area contributed by atoms with Crippen molar-refractivity contribution in [2.45, 2.75) is 352 Å². The summed E-state index contributed by atoms with van der Waals surface area (Å²) >= 11 is 0. The molecule has 8 unspecified atom stereocenters. The molecule has 0 aliphatic carbocycles. The Hall–Kier alpha value is -2.64. The molecule has 466 valence electrons. The smallest absolute Gasteiger partial charge is 0.306 e. The first-order valence-electron chi connectivity index (χ1n) is 33.6. The lowest BCUT2D eigenvalue weighted by Crippen LogP contribution is -2.61. The van der Waals surface area contributed by atoms with Crippen molar-refractivity contribution in [3.05, 3.63) is 60.8 Å². The van der Waals surface area contributed by atoms with E-state index in [1.807, 2.05) is 6.08 Å². The van der Waals surface area contributed by atoms with Gasteiger partial charge in [-0.2, -0.15) is 0 Å². The van der Waals surface area contributed by atoms with Gasteiger partial charge in [0.2, 0.25) is 5.91 Å². The lowest BCUT2D eigenvalue weighted by atomic mass is 9.99. The molecule has 0 radical (unpaired) electrons. The molecule has 80 heavy (non-hydrogen) atoms. The Morgan fingerprint density at radius 3 is 1.31 bits per heavy atom. The summed E-state index contributed by atoms with van der Waals surface area (Å²) in [6.07, 6.45) is 61.1. The number of ether oxygens (including phenoxy) is 3. The molecule has 0 aromatic heterocycles. The molecule has 11 nitrogen and oxygen atoms in total. The third-order valence-corrected chi connectivity index (χ3v) is 15.7. The summed E-state index contributed by atoms with van der Waals surface area (Å²) in [6, 6.07) is -1.02. The Morgan fingerprint density at radius 1 is 0.487 bits per heavy atom. The van der Waals surface area contributed by atoms with Gasteiger partial charge >= 0.3 is 5.97 Å². The van der Waals surface area contributed by atoms with Crippen LogP contribution in [0.4, 0.5) is 0 Å². The summed E-state index contributed by atoms with van der Waals surface area (Å²) in [5, 5.41) is 57.1. The summed E-state index contributed by atoms with van der Waals surface area (Å²) in [4.78, 5) is 26.6. The highest BCUT2D eigenvalue weighted by Gasteiger charge is 2.47. The van der Waals surface area contributed by atoms with Gasteiger partial charge in [0.15, 0.2) is 12.4 Å². The van der Waals surface area contributed by atoms with Gasteiger partial charge in [0.1, 0.15) is 24.4 Å². The van der Waals surface area contributed by atoms with Gasteiger partial charge in [0.25, 0.3) is 0 Å². The molecule has 1 heterocycles. The van der Waals surface area contributed by atoms with Gasteiger partial charge in [-0.05, 0) is 70.6 Å².